The van der Waals surface area contributed by atoms with Crippen molar-refractivity contribution < 1.29 is 31.9 Å². The van der Waals surface area contributed by atoms with Crippen LogP contribution in [0.2, 0.25) is 30.7 Å². The number of rotatable bonds is 8. The number of carbonyl (C=O) groups excluding carboxylic acids is 2. The predicted octanol–water partition coefficient (Wildman–Crippen LogP) is 4.76. The molecule has 1 amide bonds. The molecule has 0 N–H and O–H groups in total. The number of amides is 1. The molecule has 1 aliphatic rings. The maximum atomic E-state index is 13.9. The number of ether oxygens (including phenoxy) is 1. The topological polar surface area (TPSA) is 49.9 Å². The van der Waals surface area contributed by atoms with Gasteiger partial charge in [0.25, 0.3) is 0 Å². The van der Waals surface area contributed by atoms with Crippen LogP contribution >= 0.6 is 27.5 Å². The molecule has 0 saturated carbocycles. The van der Waals surface area contributed by atoms with Crippen LogP contribution in [0.1, 0.15) is 15.9 Å². The summed E-state index contributed by atoms with van der Waals surface area (Å²) < 4.78 is 59.7. The first-order chi connectivity index (χ1) is 16.6. The second-order valence-electron chi connectivity index (χ2n) is 9.84. The van der Waals surface area contributed by atoms with E-state index in [1.54, 1.807) is 7.85 Å². The minimum Gasteiger partial charge on any atom is -0.361 e. The third-order valence-corrected chi connectivity index (χ3v) is 8.45. The van der Waals surface area contributed by atoms with Crippen LogP contribution in [0, 0.1) is 5.82 Å². The maximum Gasteiger partial charge on any atom is 0.405 e. The summed E-state index contributed by atoms with van der Waals surface area (Å²) in [5.41, 5.74) is 0.520. The molecule has 1 heterocycles. The fraction of sp³-hybridized carbons (Fsp3) is 0.391. The third kappa shape index (κ3) is 6.70. The van der Waals surface area contributed by atoms with Crippen LogP contribution in [0.15, 0.2) is 28.7 Å². The molecule has 0 radical (unpaired) electrons. The highest BCUT2D eigenvalue weighted by Crippen LogP contribution is 2.42. The first kappa shape index (κ1) is 28.7. The number of halogens is 6. The van der Waals surface area contributed by atoms with Gasteiger partial charge in [0, 0.05) is 25.8 Å². The number of nitrogens with zero attached hydrogens (tertiary/aromatic N) is 2. The maximum absolute atomic E-state index is 13.9. The summed E-state index contributed by atoms with van der Waals surface area (Å²) in [5.74, 6) is -1.91. The van der Waals surface area contributed by atoms with Crippen LogP contribution in [0.5, 0.6) is 0 Å². The Kier molecular flexibility index (Phi) is 8.64. The number of hydrogen-bond donors (Lipinski definition) is 0. The lowest BCUT2D eigenvalue weighted by atomic mass is 9.85. The Labute approximate surface area is 222 Å². The van der Waals surface area contributed by atoms with Gasteiger partial charge in [0.15, 0.2) is 5.78 Å². The molecule has 0 saturated heterocycles. The van der Waals surface area contributed by atoms with E-state index in [1.807, 2.05) is 0 Å². The van der Waals surface area contributed by atoms with Crippen LogP contribution in [0.3, 0.4) is 0 Å². The number of anilines is 2. The van der Waals surface area contributed by atoms with Gasteiger partial charge in [0.2, 0.25) is 5.91 Å². The van der Waals surface area contributed by atoms with E-state index in [4.69, 9.17) is 16.3 Å². The summed E-state index contributed by atoms with van der Waals surface area (Å²) in [6.07, 6.45) is -4.56. The summed E-state index contributed by atoms with van der Waals surface area (Å²) in [4.78, 5) is 28.6. The molecule has 2 aromatic rings. The highest BCUT2D eigenvalue weighted by molar-refractivity contribution is 9.10. The van der Waals surface area contributed by atoms with E-state index < -0.39 is 44.8 Å². The van der Waals surface area contributed by atoms with Crippen molar-refractivity contribution in [2.24, 2.45) is 0 Å². The van der Waals surface area contributed by atoms with Crippen LogP contribution in [0.25, 0.3) is 0 Å². The van der Waals surface area contributed by atoms with Gasteiger partial charge in [-0.25, -0.2) is 4.39 Å². The van der Waals surface area contributed by atoms with Crippen molar-refractivity contribution in [3.8, 4) is 0 Å². The molecule has 0 fully saturated rings. The minimum absolute atomic E-state index is 0.0201. The molecule has 36 heavy (non-hydrogen) atoms. The number of ketones is 1. The Hall–Kier alpha value is -1.89. The average molecular weight is 608 g/mol. The van der Waals surface area contributed by atoms with E-state index in [1.165, 1.54) is 17.0 Å². The van der Waals surface area contributed by atoms with E-state index in [9.17, 15) is 27.2 Å². The lowest BCUT2D eigenvalue weighted by Gasteiger charge is -2.39. The number of alkyl halides is 3. The van der Waals surface area contributed by atoms with Gasteiger partial charge in [0.1, 0.15) is 26.9 Å². The van der Waals surface area contributed by atoms with Crippen molar-refractivity contribution in [3.63, 3.8) is 0 Å². The van der Waals surface area contributed by atoms with Crippen LogP contribution in [-0.2, 0) is 9.53 Å². The molecule has 0 unspecified atom stereocenters. The highest BCUT2D eigenvalue weighted by atomic mass is 79.9. The lowest BCUT2D eigenvalue weighted by Crippen LogP contribution is -2.50. The normalized spacial score (nSPS) is 14.3. The zero-order valence-electron chi connectivity index (χ0n) is 20.2. The lowest BCUT2D eigenvalue weighted by molar-refractivity contribution is -0.124. The van der Waals surface area contributed by atoms with Gasteiger partial charge in [-0.05, 0) is 46.2 Å². The summed E-state index contributed by atoms with van der Waals surface area (Å²) in [5, 5.41) is 0.0201. The van der Waals surface area contributed by atoms with Gasteiger partial charge in [-0.1, -0.05) is 36.7 Å². The second-order valence-corrected chi connectivity index (χ2v) is 16.7. The van der Waals surface area contributed by atoms with Crippen LogP contribution in [0.4, 0.5) is 28.9 Å². The first-order valence-electron chi connectivity index (χ1n) is 11.1. The van der Waals surface area contributed by atoms with E-state index in [0.29, 0.717) is 12.1 Å². The minimum atomic E-state index is -4.56. The quantitative estimate of drug-likeness (QED) is 0.188. The van der Waals surface area contributed by atoms with Gasteiger partial charge < -0.3 is 9.64 Å². The monoisotopic (exact) mass is 606 g/mol. The van der Waals surface area contributed by atoms with Crippen molar-refractivity contribution >= 4 is 72.0 Å². The Morgan fingerprint density at radius 1 is 1.25 bits per heavy atom. The van der Waals surface area contributed by atoms with Gasteiger partial charge >= 0.3 is 6.18 Å². The van der Waals surface area contributed by atoms with Gasteiger partial charge in [-0.3, -0.25) is 14.5 Å². The molecular weight excluding hydrogens is 583 g/mol. The largest absolute Gasteiger partial charge is 0.405 e. The van der Waals surface area contributed by atoms with Crippen molar-refractivity contribution in [3.05, 3.63) is 50.7 Å². The Balaban J connectivity index is 2.10. The SMILES string of the molecule is Bc1cc2c(c(Br)c1C(=O)c1cc(F)ccc1Cl)N(COCC[Si](C)(C)C)C(=O)CN2CC(F)(F)F. The van der Waals surface area contributed by atoms with E-state index in [2.05, 4.69) is 35.6 Å². The standard InChI is InChI=1S/C23H25BBrClF4N2O3Si/c1-36(2,3)7-6-35-12-32-18(33)10-31(11-23(28,29)30)17-9-15(24)19(20(25)21(17)32)22(34)14-8-13(27)4-5-16(14)26/h4-5,8-9H,6-7,10-12,24H2,1-3H3. The fourth-order valence-electron chi connectivity index (χ4n) is 3.82. The summed E-state index contributed by atoms with van der Waals surface area (Å²) >= 11 is 9.51. The molecule has 13 heteroatoms. The Morgan fingerprint density at radius 2 is 1.92 bits per heavy atom. The number of benzene rings is 2. The summed E-state index contributed by atoms with van der Waals surface area (Å²) in [6, 6.07) is 5.61. The molecule has 0 aromatic heterocycles. The second kappa shape index (κ2) is 10.8. The smallest absolute Gasteiger partial charge is 0.361 e. The Morgan fingerprint density at radius 3 is 2.53 bits per heavy atom. The average Bonchev–Trinajstić information content (AvgIpc) is 2.73. The van der Waals surface area contributed by atoms with Crippen molar-refractivity contribution in [1.29, 1.82) is 0 Å². The molecule has 0 atom stereocenters. The van der Waals surface area contributed by atoms with E-state index in [0.717, 1.165) is 23.1 Å². The zero-order valence-corrected chi connectivity index (χ0v) is 23.6. The molecule has 0 bridgehead atoms. The first-order valence-corrected chi connectivity index (χ1v) is 16.0. The molecular formula is C23H25BBrClF4N2O3Si. The molecule has 1 aliphatic heterocycles. The Bertz CT molecular complexity index is 1190. The van der Waals surface area contributed by atoms with E-state index in [-0.39, 0.29) is 38.7 Å². The van der Waals surface area contributed by atoms with Crippen molar-refractivity contribution in [2.75, 3.05) is 36.2 Å². The van der Waals surface area contributed by atoms with Crippen molar-refractivity contribution in [2.45, 2.75) is 31.9 Å². The highest BCUT2D eigenvalue weighted by Gasteiger charge is 2.39. The van der Waals surface area contributed by atoms with Crippen LogP contribution < -0.4 is 15.3 Å². The number of hydrogen-bond acceptors (Lipinski definition) is 4. The van der Waals surface area contributed by atoms with Crippen LogP contribution in [-0.4, -0.2) is 60.2 Å². The summed E-state index contributed by atoms with van der Waals surface area (Å²) in [7, 11) is 0.139. The zero-order chi connectivity index (χ0) is 27.0. The number of fused-ring (bicyclic) bond motifs is 1. The van der Waals surface area contributed by atoms with Gasteiger partial charge in [-0.2, -0.15) is 13.2 Å². The van der Waals surface area contributed by atoms with Gasteiger partial charge in [-0.15, -0.1) is 0 Å². The molecule has 3 rings (SSSR count). The van der Waals surface area contributed by atoms with Crippen molar-refractivity contribution in [1.82, 2.24) is 0 Å². The molecule has 0 spiro atoms. The molecule has 194 valence electrons. The third-order valence-electron chi connectivity index (χ3n) is 5.64. The molecule has 0 aliphatic carbocycles. The fourth-order valence-corrected chi connectivity index (χ4v) is 5.69. The van der Waals surface area contributed by atoms with E-state index >= 15 is 0 Å². The van der Waals surface area contributed by atoms with Gasteiger partial charge in [0.05, 0.1) is 27.4 Å². The predicted molar refractivity (Wildman–Crippen MR) is 142 cm³/mol. The number of carbonyl (C=O) groups is 2. The molecule has 5 nitrogen and oxygen atoms in total. The molecule has 2 aromatic carbocycles. The summed E-state index contributed by atoms with van der Waals surface area (Å²) in [6.45, 7) is 4.86.